The lowest BCUT2D eigenvalue weighted by Gasteiger charge is -1.98. The third kappa shape index (κ3) is 15.5. The Morgan fingerprint density at radius 2 is 1.94 bits per heavy atom. The van der Waals surface area contributed by atoms with Crippen LogP contribution in [0.3, 0.4) is 0 Å². The molecule has 0 saturated heterocycles. The van der Waals surface area contributed by atoms with Gasteiger partial charge in [0.25, 0.3) is 0 Å². The minimum Gasteiger partial charge on any atom is -0.478 e. The molecule has 0 unspecified atom stereocenters. The van der Waals surface area contributed by atoms with Gasteiger partial charge in [0.05, 0.1) is 7.11 Å². The first-order chi connectivity index (χ1) is 7.24. The predicted molar refractivity (Wildman–Crippen MR) is 58.5 cm³/mol. The van der Waals surface area contributed by atoms with Crippen LogP contribution in [0, 0.1) is 0 Å². The average Bonchev–Trinajstić information content (AvgIpc) is 2.17. The summed E-state index contributed by atoms with van der Waals surface area (Å²) in [5.41, 5.74) is 0.287. The van der Waals surface area contributed by atoms with Crippen molar-refractivity contribution in [1.82, 2.24) is 5.32 Å². The van der Waals surface area contributed by atoms with E-state index in [1.54, 1.807) is 0 Å². The molecule has 8 heteroatoms. The Bertz CT molecular complexity index is 310. The zero-order chi connectivity index (χ0) is 13.2. The topological polar surface area (TPSA) is 113 Å². The zero-order valence-electron chi connectivity index (χ0n) is 9.26. The van der Waals surface area contributed by atoms with Crippen LogP contribution in [0.2, 0.25) is 0 Å². The summed E-state index contributed by atoms with van der Waals surface area (Å²) in [4.78, 5) is 10.2. The van der Waals surface area contributed by atoms with Crippen LogP contribution in [0.1, 0.15) is 12.8 Å². The van der Waals surface area contributed by atoms with Crippen molar-refractivity contribution in [3.63, 3.8) is 0 Å². The van der Waals surface area contributed by atoms with Crippen LogP contribution in [0.4, 0.5) is 0 Å². The van der Waals surface area contributed by atoms with Crippen molar-refractivity contribution in [3.8, 4) is 0 Å². The summed E-state index contributed by atoms with van der Waals surface area (Å²) >= 11 is 0. The smallest absolute Gasteiger partial charge is 0.397 e. The SMILES string of the molecule is C=C(CCCNC)C(=O)O.COS(=O)(=O)O. The highest BCUT2D eigenvalue weighted by Crippen LogP contribution is 2.00. The Hall–Kier alpha value is -0.960. The fourth-order valence-corrected chi connectivity index (χ4v) is 0.585. The Kier molecular flexibility index (Phi) is 10.1. The number of carboxylic acids is 1. The molecule has 16 heavy (non-hydrogen) atoms. The van der Waals surface area contributed by atoms with Gasteiger partial charge in [-0.15, -0.1) is 0 Å². The molecule has 0 aliphatic carbocycles. The van der Waals surface area contributed by atoms with Gasteiger partial charge in [0.1, 0.15) is 0 Å². The fourth-order valence-electron chi connectivity index (χ4n) is 0.585. The highest BCUT2D eigenvalue weighted by molar-refractivity contribution is 7.80. The molecule has 7 nitrogen and oxygen atoms in total. The molecule has 0 rings (SSSR count). The Morgan fingerprint density at radius 1 is 1.50 bits per heavy atom. The minimum absolute atomic E-state index is 0.287. The quantitative estimate of drug-likeness (QED) is 0.349. The molecule has 0 amide bonds. The summed E-state index contributed by atoms with van der Waals surface area (Å²) in [6.07, 6.45) is 1.40. The van der Waals surface area contributed by atoms with Crippen LogP contribution in [0.25, 0.3) is 0 Å². The Morgan fingerprint density at radius 3 is 2.19 bits per heavy atom. The second kappa shape index (κ2) is 9.28. The van der Waals surface area contributed by atoms with E-state index in [1.165, 1.54) is 0 Å². The molecule has 0 aromatic heterocycles. The summed E-state index contributed by atoms with van der Waals surface area (Å²) in [5, 5.41) is 11.3. The molecule has 0 aliphatic rings. The largest absolute Gasteiger partial charge is 0.478 e. The van der Waals surface area contributed by atoms with Crippen molar-refractivity contribution in [1.29, 1.82) is 0 Å². The molecule has 3 N–H and O–H groups in total. The fraction of sp³-hybridized carbons (Fsp3) is 0.625. The number of carbonyl (C=O) groups is 1. The first-order valence-electron chi connectivity index (χ1n) is 4.33. The molecule has 0 aromatic carbocycles. The van der Waals surface area contributed by atoms with Crippen molar-refractivity contribution in [2.75, 3.05) is 20.7 Å². The molecular formula is C8H17NO6S. The van der Waals surface area contributed by atoms with Crippen molar-refractivity contribution in [2.24, 2.45) is 0 Å². The molecule has 0 spiro atoms. The first-order valence-corrected chi connectivity index (χ1v) is 5.69. The van der Waals surface area contributed by atoms with Crippen LogP contribution < -0.4 is 5.32 Å². The lowest BCUT2D eigenvalue weighted by atomic mass is 10.2. The van der Waals surface area contributed by atoms with Gasteiger partial charge < -0.3 is 10.4 Å². The van der Waals surface area contributed by atoms with Crippen LogP contribution in [0.15, 0.2) is 12.2 Å². The molecule has 0 bridgehead atoms. The van der Waals surface area contributed by atoms with E-state index in [4.69, 9.17) is 9.66 Å². The number of hydrogen-bond donors (Lipinski definition) is 3. The maximum Gasteiger partial charge on any atom is 0.397 e. The van der Waals surface area contributed by atoms with Gasteiger partial charge in [0, 0.05) is 5.57 Å². The van der Waals surface area contributed by atoms with Crippen molar-refractivity contribution >= 4 is 16.4 Å². The molecular weight excluding hydrogens is 238 g/mol. The second-order valence-electron chi connectivity index (χ2n) is 2.71. The summed E-state index contributed by atoms with van der Waals surface area (Å²) in [6.45, 7) is 4.24. The van der Waals surface area contributed by atoms with Gasteiger partial charge in [-0.05, 0) is 26.4 Å². The summed E-state index contributed by atoms with van der Waals surface area (Å²) < 4.78 is 29.7. The molecule has 0 atom stereocenters. The summed E-state index contributed by atoms with van der Waals surface area (Å²) in [7, 11) is -1.45. The van der Waals surface area contributed by atoms with Crippen molar-refractivity contribution in [3.05, 3.63) is 12.2 Å². The van der Waals surface area contributed by atoms with Crippen LogP contribution >= 0.6 is 0 Å². The van der Waals surface area contributed by atoms with Gasteiger partial charge in [0.2, 0.25) is 0 Å². The third-order valence-electron chi connectivity index (χ3n) is 1.42. The molecule has 0 heterocycles. The maximum absolute atomic E-state index is 10.2. The lowest BCUT2D eigenvalue weighted by Crippen LogP contribution is -2.09. The zero-order valence-corrected chi connectivity index (χ0v) is 10.1. The standard InChI is InChI=1S/C7H13NO2.CH4O4S/c1-6(7(9)10)4-3-5-8-2;1-5-6(2,3)4/h8H,1,3-5H2,2H3,(H,9,10);1H3,(H,2,3,4). The average molecular weight is 255 g/mol. The maximum atomic E-state index is 10.2. The van der Waals surface area contributed by atoms with Crippen LogP contribution in [-0.2, 0) is 19.4 Å². The highest BCUT2D eigenvalue weighted by Gasteiger charge is 2.01. The van der Waals surface area contributed by atoms with E-state index in [2.05, 4.69) is 16.1 Å². The summed E-state index contributed by atoms with van der Waals surface area (Å²) in [6, 6.07) is 0. The highest BCUT2D eigenvalue weighted by atomic mass is 32.3. The summed E-state index contributed by atoms with van der Waals surface area (Å²) in [5.74, 6) is -0.892. The third-order valence-corrected chi connectivity index (χ3v) is 1.84. The van der Waals surface area contributed by atoms with E-state index in [0.29, 0.717) is 6.42 Å². The van der Waals surface area contributed by atoms with E-state index in [-0.39, 0.29) is 5.57 Å². The number of rotatable bonds is 6. The van der Waals surface area contributed by atoms with Gasteiger partial charge >= 0.3 is 16.4 Å². The Labute approximate surface area is 95.1 Å². The van der Waals surface area contributed by atoms with E-state index < -0.39 is 16.4 Å². The number of aliphatic carboxylic acids is 1. The second-order valence-corrected chi connectivity index (χ2v) is 3.90. The number of nitrogens with one attached hydrogen (secondary N) is 1. The molecule has 0 aliphatic heterocycles. The lowest BCUT2D eigenvalue weighted by molar-refractivity contribution is -0.132. The Balaban J connectivity index is 0. The monoisotopic (exact) mass is 255 g/mol. The van der Waals surface area contributed by atoms with E-state index >= 15 is 0 Å². The van der Waals surface area contributed by atoms with Gasteiger partial charge in [-0.25, -0.2) is 4.79 Å². The van der Waals surface area contributed by atoms with E-state index in [1.807, 2.05) is 7.05 Å². The van der Waals surface area contributed by atoms with E-state index in [9.17, 15) is 13.2 Å². The molecule has 96 valence electrons. The van der Waals surface area contributed by atoms with Gasteiger partial charge in [-0.1, -0.05) is 6.58 Å². The van der Waals surface area contributed by atoms with Crippen molar-refractivity contribution in [2.45, 2.75) is 12.8 Å². The van der Waals surface area contributed by atoms with E-state index in [0.717, 1.165) is 20.1 Å². The first kappa shape index (κ1) is 17.4. The molecule has 0 radical (unpaired) electrons. The van der Waals surface area contributed by atoms with Gasteiger partial charge in [-0.2, -0.15) is 8.42 Å². The van der Waals surface area contributed by atoms with Gasteiger partial charge in [-0.3, -0.25) is 8.74 Å². The van der Waals surface area contributed by atoms with Crippen LogP contribution in [0.5, 0.6) is 0 Å². The minimum atomic E-state index is -4.16. The molecule has 0 aromatic rings. The molecule has 0 fully saturated rings. The van der Waals surface area contributed by atoms with Crippen molar-refractivity contribution < 1.29 is 27.1 Å². The number of carboxylic acid groups (broad SMARTS) is 1. The van der Waals surface area contributed by atoms with Crippen LogP contribution in [-0.4, -0.2) is 44.7 Å². The predicted octanol–water partition coefficient (Wildman–Crippen LogP) is 0.0624. The normalized spacial score (nSPS) is 10.2. The number of hydrogen-bond acceptors (Lipinski definition) is 5. The van der Waals surface area contributed by atoms with Gasteiger partial charge in [0.15, 0.2) is 0 Å². The molecule has 0 saturated carbocycles.